The average Bonchev–Trinajstić information content (AvgIpc) is 2.95. The van der Waals surface area contributed by atoms with Crippen molar-refractivity contribution in [3.05, 3.63) is 41.7 Å². The Balaban J connectivity index is 2.13. The highest BCUT2D eigenvalue weighted by atomic mass is 16.4. The lowest BCUT2D eigenvalue weighted by Crippen LogP contribution is -2.49. The van der Waals surface area contributed by atoms with Crippen LogP contribution in [0, 0.1) is 6.92 Å². The number of carbonyl (C=O) groups excluding carboxylic acids is 1. The van der Waals surface area contributed by atoms with Gasteiger partial charge in [-0.1, -0.05) is 37.3 Å². The smallest absolute Gasteiger partial charge is 0.305 e. The SMILES string of the molecule is CCC(CC)(CC(=O)O)NC(=O)Cc1nnn(-c2ccccc2)c1C. The summed E-state index contributed by atoms with van der Waals surface area (Å²) >= 11 is 0. The summed E-state index contributed by atoms with van der Waals surface area (Å²) in [4.78, 5) is 23.6. The van der Waals surface area contributed by atoms with E-state index in [4.69, 9.17) is 5.11 Å². The summed E-state index contributed by atoms with van der Waals surface area (Å²) < 4.78 is 1.69. The number of carboxylic acid groups (broad SMARTS) is 1. The highest BCUT2D eigenvalue weighted by Gasteiger charge is 2.31. The minimum absolute atomic E-state index is 0.0695. The van der Waals surface area contributed by atoms with Gasteiger partial charge in [0.2, 0.25) is 5.91 Å². The van der Waals surface area contributed by atoms with Gasteiger partial charge < -0.3 is 10.4 Å². The first kappa shape index (κ1) is 18.6. The minimum Gasteiger partial charge on any atom is -0.481 e. The highest BCUT2D eigenvalue weighted by molar-refractivity contribution is 5.80. The zero-order valence-corrected chi connectivity index (χ0v) is 14.8. The third-order valence-electron chi connectivity index (χ3n) is 4.57. The van der Waals surface area contributed by atoms with E-state index in [1.165, 1.54) is 0 Å². The standard InChI is InChI=1S/C18H24N4O3/c1-4-18(5-2,12-17(24)25)19-16(23)11-15-13(3)22(21-20-15)14-9-7-6-8-10-14/h6-10H,4-5,11-12H2,1-3H3,(H,19,23)(H,24,25). The molecule has 1 aromatic heterocycles. The van der Waals surface area contributed by atoms with Gasteiger partial charge in [-0.25, -0.2) is 4.68 Å². The van der Waals surface area contributed by atoms with Gasteiger partial charge in [-0.05, 0) is 31.9 Å². The Labute approximate surface area is 147 Å². The van der Waals surface area contributed by atoms with E-state index in [2.05, 4.69) is 15.6 Å². The molecule has 0 bridgehead atoms. The molecular formula is C18H24N4O3. The summed E-state index contributed by atoms with van der Waals surface area (Å²) in [6.07, 6.45) is 1.08. The van der Waals surface area contributed by atoms with Crippen LogP contribution in [-0.2, 0) is 16.0 Å². The summed E-state index contributed by atoms with van der Waals surface area (Å²) in [5, 5.41) is 20.2. The van der Waals surface area contributed by atoms with E-state index in [1.54, 1.807) is 4.68 Å². The largest absolute Gasteiger partial charge is 0.481 e. The van der Waals surface area contributed by atoms with Crippen molar-refractivity contribution in [2.24, 2.45) is 0 Å². The van der Waals surface area contributed by atoms with Crippen molar-refractivity contribution < 1.29 is 14.7 Å². The molecule has 1 aromatic carbocycles. The van der Waals surface area contributed by atoms with Gasteiger partial charge in [0.1, 0.15) is 0 Å². The molecule has 7 heteroatoms. The quantitative estimate of drug-likeness (QED) is 0.765. The third-order valence-corrected chi connectivity index (χ3v) is 4.57. The van der Waals surface area contributed by atoms with Crippen molar-refractivity contribution in [3.63, 3.8) is 0 Å². The van der Waals surface area contributed by atoms with Gasteiger partial charge in [-0.2, -0.15) is 0 Å². The monoisotopic (exact) mass is 344 g/mol. The van der Waals surface area contributed by atoms with Crippen LogP contribution in [0.4, 0.5) is 0 Å². The molecule has 0 aliphatic rings. The second-order valence-corrected chi connectivity index (χ2v) is 6.15. The lowest BCUT2D eigenvalue weighted by Gasteiger charge is -2.31. The normalized spacial score (nSPS) is 11.3. The van der Waals surface area contributed by atoms with Crippen molar-refractivity contribution in [1.82, 2.24) is 20.3 Å². The molecule has 1 amide bonds. The van der Waals surface area contributed by atoms with Gasteiger partial charge in [-0.15, -0.1) is 5.10 Å². The van der Waals surface area contributed by atoms with Crippen LogP contribution in [0.25, 0.3) is 5.69 Å². The van der Waals surface area contributed by atoms with E-state index in [0.29, 0.717) is 18.5 Å². The van der Waals surface area contributed by atoms with E-state index < -0.39 is 11.5 Å². The number of benzene rings is 1. The number of aliphatic carboxylic acids is 1. The molecule has 0 aliphatic carbocycles. The second-order valence-electron chi connectivity index (χ2n) is 6.15. The van der Waals surface area contributed by atoms with Gasteiger partial charge in [0.15, 0.2) is 0 Å². The summed E-state index contributed by atoms with van der Waals surface area (Å²) in [5.41, 5.74) is 1.52. The van der Waals surface area contributed by atoms with Crippen molar-refractivity contribution in [2.75, 3.05) is 0 Å². The molecule has 0 fully saturated rings. The Morgan fingerprint density at radius 2 is 1.84 bits per heavy atom. The summed E-state index contributed by atoms with van der Waals surface area (Å²) in [6, 6.07) is 9.56. The van der Waals surface area contributed by atoms with Gasteiger partial charge in [-0.3, -0.25) is 9.59 Å². The second kappa shape index (κ2) is 7.92. The van der Waals surface area contributed by atoms with E-state index in [0.717, 1.165) is 11.4 Å². The van der Waals surface area contributed by atoms with Crippen LogP contribution in [0.1, 0.15) is 44.5 Å². The Morgan fingerprint density at radius 1 is 1.20 bits per heavy atom. The number of aromatic nitrogens is 3. The first-order valence-corrected chi connectivity index (χ1v) is 8.40. The van der Waals surface area contributed by atoms with Crippen LogP contribution in [0.15, 0.2) is 30.3 Å². The molecule has 0 spiro atoms. The molecule has 7 nitrogen and oxygen atoms in total. The summed E-state index contributed by atoms with van der Waals surface area (Å²) in [7, 11) is 0. The molecule has 2 aromatic rings. The Hall–Kier alpha value is -2.70. The van der Waals surface area contributed by atoms with Crippen LogP contribution in [0.5, 0.6) is 0 Å². The van der Waals surface area contributed by atoms with Crippen molar-refractivity contribution in [3.8, 4) is 5.69 Å². The first-order chi connectivity index (χ1) is 11.9. The van der Waals surface area contributed by atoms with Gasteiger partial charge >= 0.3 is 5.97 Å². The predicted octanol–water partition coefficient (Wildman–Crippen LogP) is 2.27. The molecular weight excluding hydrogens is 320 g/mol. The molecule has 0 unspecified atom stereocenters. The zero-order chi connectivity index (χ0) is 18.4. The maximum Gasteiger partial charge on any atom is 0.305 e. The fraction of sp³-hybridized carbons (Fsp3) is 0.444. The zero-order valence-electron chi connectivity index (χ0n) is 14.8. The lowest BCUT2D eigenvalue weighted by molar-refractivity contribution is -0.139. The first-order valence-electron chi connectivity index (χ1n) is 8.40. The molecule has 25 heavy (non-hydrogen) atoms. The van der Waals surface area contributed by atoms with Crippen LogP contribution < -0.4 is 5.32 Å². The van der Waals surface area contributed by atoms with Crippen LogP contribution in [0.2, 0.25) is 0 Å². The number of carboxylic acids is 1. The molecule has 0 radical (unpaired) electrons. The molecule has 134 valence electrons. The topological polar surface area (TPSA) is 97.1 Å². The molecule has 0 aliphatic heterocycles. The number of carbonyl (C=O) groups is 2. The van der Waals surface area contributed by atoms with E-state index >= 15 is 0 Å². The van der Waals surface area contributed by atoms with Crippen molar-refractivity contribution >= 4 is 11.9 Å². The van der Waals surface area contributed by atoms with Gasteiger partial charge in [0, 0.05) is 5.54 Å². The molecule has 2 rings (SSSR count). The molecule has 2 N–H and O–H groups in total. The molecule has 0 saturated heterocycles. The van der Waals surface area contributed by atoms with Crippen molar-refractivity contribution in [2.45, 2.75) is 52.0 Å². The summed E-state index contributed by atoms with van der Waals surface area (Å²) in [5.74, 6) is -1.16. The van der Waals surface area contributed by atoms with Crippen LogP contribution in [-0.4, -0.2) is 37.5 Å². The number of amides is 1. The molecule has 1 heterocycles. The average molecular weight is 344 g/mol. The third kappa shape index (κ3) is 4.43. The number of nitrogens with one attached hydrogen (secondary N) is 1. The number of para-hydroxylation sites is 1. The summed E-state index contributed by atoms with van der Waals surface area (Å²) in [6.45, 7) is 5.62. The number of nitrogens with zero attached hydrogens (tertiary/aromatic N) is 3. The predicted molar refractivity (Wildman–Crippen MR) is 93.5 cm³/mol. The van der Waals surface area contributed by atoms with Crippen LogP contribution in [0.3, 0.4) is 0 Å². The molecule has 0 saturated carbocycles. The van der Waals surface area contributed by atoms with Gasteiger partial charge in [0.05, 0.1) is 29.9 Å². The Morgan fingerprint density at radius 3 is 2.40 bits per heavy atom. The number of hydrogen-bond acceptors (Lipinski definition) is 4. The fourth-order valence-corrected chi connectivity index (χ4v) is 2.84. The van der Waals surface area contributed by atoms with Crippen LogP contribution >= 0.6 is 0 Å². The molecule has 0 atom stereocenters. The van der Waals surface area contributed by atoms with E-state index in [-0.39, 0.29) is 18.7 Å². The Kier molecular flexibility index (Phi) is 5.90. The Bertz CT molecular complexity index is 736. The van der Waals surface area contributed by atoms with Crippen molar-refractivity contribution in [1.29, 1.82) is 0 Å². The maximum atomic E-state index is 12.4. The minimum atomic E-state index is -0.921. The maximum absolute atomic E-state index is 12.4. The lowest BCUT2D eigenvalue weighted by atomic mass is 9.88. The van der Waals surface area contributed by atoms with Gasteiger partial charge in [0.25, 0.3) is 0 Å². The fourth-order valence-electron chi connectivity index (χ4n) is 2.84. The highest BCUT2D eigenvalue weighted by Crippen LogP contribution is 2.20. The number of rotatable bonds is 8. The number of hydrogen-bond donors (Lipinski definition) is 2. The van der Waals surface area contributed by atoms with E-state index in [1.807, 2.05) is 51.1 Å². The van der Waals surface area contributed by atoms with E-state index in [9.17, 15) is 9.59 Å².